The third-order valence-electron chi connectivity index (χ3n) is 3.21. The minimum absolute atomic E-state index is 0.143. The highest BCUT2D eigenvalue weighted by Gasteiger charge is 2.31. The van der Waals surface area contributed by atoms with Gasteiger partial charge in [0, 0.05) is 19.0 Å². The SMILES string of the molecule is CCCCOC(=O)CCCN1C(=O)/C(=C\c2ccco2)SC1=S. The number of nitrogens with zero attached hydrogens (tertiary/aromatic N) is 1. The number of hydrogen-bond donors (Lipinski definition) is 0. The van der Waals surface area contributed by atoms with Crippen molar-refractivity contribution in [2.75, 3.05) is 13.2 Å². The van der Waals surface area contributed by atoms with Gasteiger partial charge in [-0.2, -0.15) is 0 Å². The number of furan rings is 1. The van der Waals surface area contributed by atoms with Crippen molar-refractivity contribution in [3.05, 3.63) is 29.1 Å². The summed E-state index contributed by atoms with van der Waals surface area (Å²) in [6, 6.07) is 3.54. The maximum Gasteiger partial charge on any atom is 0.305 e. The van der Waals surface area contributed by atoms with Gasteiger partial charge in [0.25, 0.3) is 5.91 Å². The Hall–Kier alpha value is -1.60. The molecule has 124 valence electrons. The van der Waals surface area contributed by atoms with Crippen molar-refractivity contribution >= 4 is 46.3 Å². The summed E-state index contributed by atoms with van der Waals surface area (Å²) in [5.74, 6) is 0.246. The summed E-state index contributed by atoms with van der Waals surface area (Å²) >= 11 is 6.48. The van der Waals surface area contributed by atoms with Gasteiger partial charge in [-0.3, -0.25) is 14.5 Å². The highest BCUT2D eigenvalue weighted by molar-refractivity contribution is 8.26. The van der Waals surface area contributed by atoms with E-state index in [9.17, 15) is 9.59 Å². The summed E-state index contributed by atoms with van der Waals surface area (Å²) in [6.07, 6.45) is 5.92. The molecule has 1 aromatic heterocycles. The minimum atomic E-state index is -0.227. The molecular formula is C16H19NO4S2. The number of hydrogen-bond acceptors (Lipinski definition) is 6. The van der Waals surface area contributed by atoms with Crippen LogP contribution in [0.2, 0.25) is 0 Å². The predicted molar refractivity (Wildman–Crippen MR) is 93.7 cm³/mol. The van der Waals surface area contributed by atoms with Crippen LogP contribution in [0.4, 0.5) is 0 Å². The first kappa shape index (κ1) is 17.7. The van der Waals surface area contributed by atoms with Gasteiger partial charge in [-0.15, -0.1) is 0 Å². The number of thiocarbonyl (C=S) groups is 1. The van der Waals surface area contributed by atoms with E-state index in [0.717, 1.165) is 12.8 Å². The fourth-order valence-corrected chi connectivity index (χ4v) is 3.27. The highest BCUT2D eigenvalue weighted by atomic mass is 32.2. The van der Waals surface area contributed by atoms with Crippen LogP contribution in [0.1, 0.15) is 38.4 Å². The molecule has 0 aromatic carbocycles. The first-order chi connectivity index (χ1) is 11.1. The summed E-state index contributed by atoms with van der Waals surface area (Å²) in [4.78, 5) is 25.9. The van der Waals surface area contributed by atoms with E-state index in [1.54, 1.807) is 24.5 Å². The molecule has 0 aliphatic carbocycles. The molecule has 23 heavy (non-hydrogen) atoms. The zero-order valence-corrected chi connectivity index (χ0v) is 14.6. The zero-order chi connectivity index (χ0) is 16.7. The second kappa shape index (κ2) is 8.88. The Morgan fingerprint density at radius 3 is 3.00 bits per heavy atom. The largest absolute Gasteiger partial charge is 0.466 e. The molecular weight excluding hydrogens is 334 g/mol. The van der Waals surface area contributed by atoms with Crippen molar-refractivity contribution < 1.29 is 18.7 Å². The summed E-state index contributed by atoms with van der Waals surface area (Å²) in [7, 11) is 0. The monoisotopic (exact) mass is 353 g/mol. The van der Waals surface area contributed by atoms with E-state index in [2.05, 4.69) is 0 Å². The standard InChI is InChI=1S/C16H19NO4S2/c1-2-3-9-21-14(18)7-4-8-17-15(19)13(23-16(17)22)11-12-6-5-10-20-12/h5-6,10-11H,2-4,7-9H2,1H3/b13-11+. The molecule has 2 rings (SSSR count). The average Bonchev–Trinajstić information content (AvgIpc) is 3.11. The van der Waals surface area contributed by atoms with Gasteiger partial charge in [0.1, 0.15) is 10.1 Å². The number of esters is 1. The van der Waals surface area contributed by atoms with Crippen molar-refractivity contribution in [2.24, 2.45) is 0 Å². The molecule has 0 atom stereocenters. The Bertz CT molecular complexity index is 595. The first-order valence-corrected chi connectivity index (χ1v) is 8.78. The van der Waals surface area contributed by atoms with Crippen molar-refractivity contribution in [3.8, 4) is 0 Å². The topological polar surface area (TPSA) is 59.8 Å². The van der Waals surface area contributed by atoms with E-state index in [0.29, 0.717) is 34.6 Å². The number of amides is 1. The Morgan fingerprint density at radius 2 is 2.30 bits per heavy atom. The Labute approximate surface area is 145 Å². The summed E-state index contributed by atoms with van der Waals surface area (Å²) in [5, 5.41) is 0. The van der Waals surface area contributed by atoms with Gasteiger partial charge < -0.3 is 9.15 Å². The molecule has 1 aliphatic heterocycles. The summed E-state index contributed by atoms with van der Waals surface area (Å²) < 4.78 is 10.8. The Balaban J connectivity index is 1.81. The highest BCUT2D eigenvalue weighted by Crippen LogP contribution is 2.32. The van der Waals surface area contributed by atoms with Crippen LogP contribution in [0.5, 0.6) is 0 Å². The molecule has 1 fully saturated rings. The van der Waals surface area contributed by atoms with Crippen LogP contribution >= 0.6 is 24.0 Å². The quantitative estimate of drug-likeness (QED) is 0.308. The third kappa shape index (κ3) is 5.21. The van der Waals surface area contributed by atoms with Gasteiger partial charge in [-0.25, -0.2) is 0 Å². The number of ether oxygens (including phenoxy) is 1. The van der Waals surface area contributed by atoms with E-state index in [1.165, 1.54) is 16.7 Å². The molecule has 1 aromatic rings. The average molecular weight is 353 g/mol. The molecule has 5 nitrogen and oxygen atoms in total. The van der Waals surface area contributed by atoms with Crippen LogP contribution in [0.15, 0.2) is 27.7 Å². The molecule has 1 aliphatic rings. The van der Waals surface area contributed by atoms with Crippen molar-refractivity contribution in [3.63, 3.8) is 0 Å². The van der Waals surface area contributed by atoms with Crippen LogP contribution in [-0.4, -0.2) is 34.2 Å². The Kier molecular flexibility index (Phi) is 6.85. The second-order valence-electron chi connectivity index (χ2n) is 5.03. The molecule has 2 heterocycles. The van der Waals surface area contributed by atoms with Crippen molar-refractivity contribution in [2.45, 2.75) is 32.6 Å². The lowest BCUT2D eigenvalue weighted by Gasteiger charge is -2.13. The number of rotatable bonds is 8. The molecule has 1 amide bonds. The van der Waals surface area contributed by atoms with Gasteiger partial charge in [-0.1, -0.05) is 37.3 Å². The van der Waals surface area contributed by atoms with Crippen LogP contribution < -0.4 is 0 Å². The van der Waals surface area contributed by atoms with Crippen LogP contribution in [-0.2, 0) is 14.3 Å². The lowest BCUT2D eigenvalue weighted by molar-refractivity contribution is -0.144. The van der Waals surface area contributed by atoms with Crippen LogP contribution in [0.25, 0.3) is 6.08 Å². The van der Waals surface area contributed by atoms with E-state index >= 15 is 0 Å². The minimum Gasteiger partial charge on any atom is -0.466 e. The fourth-order valence-electron chi connectivity index (χ4n) is 1.98. The maximum absolute atomic E-state index is 12.3. The van der Waals surface area contributed by atoms with Gasteiger partial charge in [0.2, 0.25) is 0 Å². The predicted octanol–water partition coefficient (Wildman–Crippen LogP) is 3.60. The van der Waals surface area contributed by atoms with E-state index in [4.69, 9.17) is 21.4 Å². The summed E-state index contributed by atoms with van der Waals surface area (Å²) in [5.41, 5.74) is 0. The van der Waals surface area contributed by atoms with Crippen molar-refractivity contribution in [1.82, 2.24) is 4.90 Å². The van der Waals surface area contributed by atoms with Gasteiger partial charge in [0.15, 0.2) is 0 Å². The first-order valence-electron chi connectivity index (χ1n) is 7.56. The van der Waals surface area contributed by atoms with Gasteiger partial charge in [0.05, 0.1) is 17.8 Å². The van der Waals surface area contributed by atoms with Crippen molar-refractivity contribution in [1.29, 1.82) is 0 Å². The normalized spacial score (nSPS) is 16.4. The molecule has 0 radical (unpaired) electrons. The van der Waals surface area contributed by atoms with E-state index in [-0.39, 0.29) is 18.3 Å². The smallest absolute Gasteiger partial charge is 0.305 e. The third-order valence-corrected chi connectivity index (χ3v) is 4.59. The molecule has 0 saturated carbocycles. The number of thioether (sulfide) groups is 1. The van der Waals surface area contributed by atoms with Crippen LogP contribution in [0, 0.1) is 0 Å². The summed E-state index contributed by atoms with van der Waals surface area (Å²) in [6.45, 7) is 2.92. The maximum atomic E-state index is 12.3. The van der Waals surface area contributed by atoms with E-state index in [1.807, 2.05) is 6.92 Å². The van der Waals surface area contributed by atoms with Gasteiger partial charge >= 0.3 is 5.97 Å². The number of unbranched alkanes of at least 4 members (excludes halogenated alkanes) is 1. The van der Waals surface area contributed by atoms with Gasteiger partial charge in [-0.05, 0) is 25.0 Å². The van der Waals surface area contributed by atoms with E-state index < -0.39 is 0 Å². The molecule has 0 unspecified atom stereocenters. The molecule has 0 bridgehead atoms. The molecule has 0 N–H and O–H groups in total. The fraction of sp³-hybridized carbons (Fsp3) is 0.438. The second-order valence-corrected chi connectivity index (χ2v) is 6.70. The number of carbonyl (C=O) groups is 2. The molecule has 0 spiro atoms. The lowest BCUT2D eigenvalue weighted by atomic mass is 10.3. The zero-order valence-electron chi connectivity index (χ0n) is 12.9. The molecule has 7 heteroatoms. The molecule has 1 saturated heterocycles. The lowest BCUT2D eigenvalue weighted by Crippen LogP contribution is -2.29. The Morgan fingerprint density at radius 1 is 1.48 bits per heavy atom. The van der Waals surface area contributed by atoms with Crippen LogP contribution in [0.3, 0.4) is 0 Å². The number of carbonyl (C=O) groups excluding carboxylic acids is 2.